The third kappa shape index (κ3) is 3.76. The lowest BCUT2D eigenvalue weighted by Crippen LogP contribution is -2.46. The van der Waals surface area contributed by atoms with E-state index in [0.717, 1.165) is 17.3 Å². The van der Waals surface area contributed by atoms with Gasteiger partial charge in [0.05, 0.1) is 5.56 Å². The summed E-state index contributed by atoms with van der Waals surface area (Å²) in [5, 5.41) is 2.98. The van der Waals surface area contributed by atoms with Gasteiger partial charge in [0.25, 0.3) is 5.91 Å². The van der Waals surface area contributed by atoms with E-state index >= 15 is 0 Å². The number of pyridine rings is 1. The quantitative estimate of drug-likeness (QED) is 0.898. The molecule has 2 heterocycles. The first kappa shape index (κ1) is 14.0. The lowest BCUT2D eigenvalue weighted by Gasteiger charge is -2.31. The Kier molecular flexibility index (Phi) is 4.52. The van der Waals surface area contributed by atoms with Crippen molar-refractivity contribution in [3.05, 3.63) is 28.5 Å². The summed E-state index contributed by atoms with van der Waals surface area (Å²) in [4.78, 5) is 29.0. The van der Waals surface area contributed by atoms with Crippen LogP contribution in [0, 0.1) is 0 Å². The summed E-state index contributed by atoms with van der Waals surface area (Å²) >= 11 is 3.29. The molecule has 1 fully saturated rings. The summed E-state index contributed by atoms with van der Waals surface area (Å²) in [5.41, 5.74) is 0.545. The van der Waals surface area contributed by atoms with Crippen molar-refractivity contribution >= 4 is 27.7 Å². The number of amides is 2. The van der Waals surface area contributed by atoms with Gasteiger partial charge >= 0.3 is 0 Å². The molecule has 1 aliphatic heterocycles. The van der Waals surface area contributed by atoms with Gasteiger partial charge in [0.1, 0.15) is 0 Å². The van der Waals surface area contributed by atoms with Gasteiger partial charge in [-0.2, -0.15) is 0 Å². The molecular formula is C13H16BrN3O2. The Morgan fingerprint density at radius 3 is 2.63 bits per heavy atom. The molecule has 1 aromatic rings. The second kappa shape index (κ2) is 6.14. The van der Waals surface area contributed by atoms with Crippen LogP contribution in [0.3, 0.4) is 0 Å². The van der Waals surface area contributed by atoms with Crippen molar-refractivity contribution in [3.8, 4) is 0 Å². The van der Waals surface area contributed by atoms with Crippen LogP contribution in [-0.4, -0.2) is 40.8 Å². The van der Waals surface area contributed by atoms with Gasteiger partial charge in [-0.25, -0.2) is 0 Å². The van der Waals surface area contributed by atoms with Crippen LogP contribution >= 0.6 is 15.9 Å². The van der Waals surface area contributed by atoms with Gasteiger partial charge in [-0.3, -0.25) is 14.6 Å². The van der Waals surface area contributed by atoms with E-state index in [2.05, 4.69) is 26.2 Å². The van der Waals surface area contributed by atoms with Crippen molar-refractivity contribution in [1.29, 1.82) is 0 Å². The zero-order valence-corrected chi connectivity index (χ0v) is 12.3. The zero-order valence-electron chi connectivity index (χ0n) is 10.7. The maximum atomic E-state index is 12.0. The average molecular weight is 326 g/mol. The standard InChI is InChI=1S/C13H16BrN3O2/c1-9(18)17-4-2-12(3-5-17)16-13(19)10-6-11(14)8-15-7-10/h6-8,12H,2-5H2,1H3,(H,16,19). The van der Waals surface area contributed by atoms with E-state index < -0.39 is 0 Å². The van der Waals surface area contributed by atoms with E-state index in [1.807, 2.05) is 4.90 Å². The number of rotatable bonds is 2. The van der Waals surface area contributed by atoms with Crippen molar-refractivity contribution < 1.29 is 9.59 Å². The van der Waals surface area contributed by atoms with E-state index in [9.17, 15) is 9.59 Å². The van der Waals surface area contributed by atoms with Gasteiger partial charge < -0.3 is 10.2 Å². The molecule has 0 saturated carbocycles. The first-order valence-corrected chi connectivity index (χ1v) is 7.02. The maximum Gasteiger partial charge on any atom is 0.253 e. The summed E-state index contributed by atoms with van der Waals surface area (Å²) in [6.07, 6.45) is 4.78. The van der Waals surface area contributed by atoms with Crippen LogP contribution < -0.4 is 5.32 Å². The molecule has 6 heteroatoms. The molecule has 0 aliphatic carbocycles. The number of piperidine rings is 1. The monoisotopic (exact) mass is 325 g/mol. The lowest BCUT2D eigenvalue weighted by atomic mass is 10.0. The fourth-order valence-electron chi connectivity index (χ4n) is 2.14. The molecule has 1 N–H and O–H groups in total. The molecule has 2 amide bonds. The molecule has 1 saturated heterocycles. The number of likely N-dealkylation sites (tertiary alicyclic amines) is 1. The number of carbonyl (C=O) groups excluding carboxylic acids is 2. The topological polar surface area (TPSA) is 62.3 Å². The van der Waals surface area contributed by atoms with E-state index in [-0.39, 0.29) is 17.9 Å². The number of halogens is 1. The molecule has 1 aliphatic rings. The second-order valence-corrected chi connectivity index (χ2v) is 5.56. The minimum atomic E-state index is -0.116. The first-order chi connectivity index (χ1) is 9.06. The number of nitrogens with zero attached hydrogens (tertiary/aromatic N) is 2. The molecule has 102 valence electrons. The predicted octanol–water partition coefficient (Wildman–Crippen LogP) is 1.58. The molecule has 5 nitrogen and oxygen atoms in total. The van der Waals surface area contributed by atoms with Crippen LogP contribution in [0.25, 0.3) is 0 Å². The van der Waals surface area contributed by atoms with Crippen molar-refractivity contribution in [2.24, 2.45) is 0 Å². The van der Waals surface area contributed by atoms with E-state index in [4.69, 9.17) is 0 Å². The molecule has 19 heavy (non-hydrogen) atoms. The Balaban J connectivity index is 1.89. The molecular weight excluding hydrogens is 310 g/mol. The number of hydrogen-bond donors (Lipinski definition) is 1. The highest BCUT2D eigenvalue weighted by atomic mass is 79.9. The fraction of sp³-hybridized carbons (Fsp3) is 0.462. The number of nitrogens with one attached hydrogen (secondary N) is 1. The smallest absolute Gasteiger partial charge is 0.253 e. The van der Waals surface area contributed by atoms with Crippen molar-refractivity contribution in [1.82, 2.24) is 15.2 Å². The molecule has 0 spiro atoms. The van der Waals surface area contributed by atoms with E-state index in [1.54, 1.807) is 25.4 Å². The highest BCUT2D eigenvalue weighted by Gasteiger charge is 2.22. The lowest BCUT2D eigenvalue weighted by molar-refractivity contribution is -0.129. The van der Waals surface area contributed by atoms with E-state index in [1.165, 1.54) is 0 Å². The van der Waals surface area contributed by atoms with E-state index in [0.29, 0.717) is 18.7 Å². The molecule has 0 atom stereocenters. The second-order valence-electron chi connectivity index (χ2n) is 4.65. The summed E-state index contributed by atoms with van der Waals surface area (Å²) in [6, 6.07) is 1.87. The van der Waals surface area contributed by atoms with Crippen LogP contribution in [0.4, 0.5) is 0 Å². The maximum absolute atomic E-state index is 12.0. The SMILES string of the molecule is CC(=O)N1CCC(NC(=O)c2cncc(Br)c2)CC1. The third-order valence-corrected chi connectivity index (χ3v) is 3.68. The van der Waals surface area contributed by atoms with Crippen molar-refractivity contribution in [2.75, 3.05) is 13.1 Å². The summed E-state index contributed by atoms with van der Waals surface area (Å²) in [5.74, 6) is -0.0176. The van der Waals surface area contributed by atoms with Crippen LogP contribution in [0.1, 0.15) is 30.1 Å². The Hall–Kier alpha value is -1.43. The minimum absolute atomic E-state index is 0.0981. The molecule has 0 aromatic carbocycles. The number of aromatic nitrogens is 1. The van der Waals surface area contributed by atoms with Gasteiger partial charge in [-0.15, -0.1) is 0 Å². The van der Waals surface area contributed by atoms with Crippen LogP contribution in [0.5, 0.6) is 0 Å². The van der Waals surface area contributed by atoms with Crippen molar-refractivity contribution in [2.45, 2.75) is 25.8 Å². The van der Waals surface area contributed by atoms with Gasteiger partial charge in [0, 0.05) is 42.9 Å². The first-order valence-electron chi connectivity index (χ1n) is 6.23. The van der Waals surface area contributed by atoms with Crippen LogP contribution in [0.15, 0.2) is 22.9 Å². The summed E-state index contributed by atoms with van der Waals surface area (Å²) < 4.78 is 0.784. The van der Waals surface area contributed by atoms with Crippen LogP contribution in [-0.2, 0) is 4.79 Å². The highest BCUT2D eigenvalue weighted by molar-refractivity contribution is 9.10. The Bertz CT molecular complexity index is 485. The fourth-order valence-corrected chi connectivity index (χ4v) is 2.51. The molecule has 0 unspecified atom stereocenters. The molecule has 0 radical (unpaired) electrons. The van der Waals surface area contributed by atoms with Gasteiger partial charge in [-0.05, 0) is 34.8 Å². The van der Waals surface area contributed by atoms with Gasteiger partial charge in [0.2, 0.25) is 5.91 Å². The summed E-state index contributed by atoms with van der Waals surface area (Å²) in [6.45, 7) is 2.99. The average Bonchev–Trinajstić information content (AvgIpc) is 2.39. The van der Waals surface area contributed by atoms with Crippen LogP contribution in [0.2, 0.25) is 0 Å². The summed E-state index contributed by atoms with van der Waals surface area (Å²) in [7, 11) is 0. The van der Waals surface area contributed by atoms with Gasteiger partial charge in [0.15, 0.2) is 0 Å². The largest absolute Gasteiger partial charge is 0.349 e. The third-order valence-electron chi connectivity index (χ3n) is 3.24. The molecule has 2 rings (SSSR count). The highest BCUT2D eigenvalue weighted by Crippen LogP contribution is 2.13. The Morgan fingerprint density at radius 1 is 1.37 bits per heavy atom. The number of carbonyl (C=O) groups is 2. The Labute approximate surface area is 120 Å². The number of hydrogen-bond acceptors (Lipinski definition) is 3. The normalized spacial score (nSPS) is 16.2. The minimum Gasteiger partial charge on any atom is -0.349 e. The van der Waals surface area contributed by atoms with Crippen molar-refractivity contribution in [3.63, 3.8) is 0 Å². The zero-order chi connectivity index (χ0) is 13.8. The molecule has 0 bridgehead atoms. The Morgan fingerprint density at radius 2 is 2.05 bits per heavy atom. The predicted molar refractivity (Wildman–Crippen MR) is 74.7 cm³/mol. The molecule has 1 aromatic heterocycles. The van der Waals surface area contributed by atoms with Gasteiger partial charge in [-0.1, -0.05) is 0 Å².